The number of nitrogens with one attached hydrogen (secondary N) is 1. The quantitative estimate of drug-likeness (QED) is 0.691. The van der Waals surface area contributed by atoms with E-state index in [-0.39, 0.29) is 11.2 Å². The molecule has 0 aliphatic heterocycles. The van der Waals surface area contributed by atoms with E-state index in [1.807, 2.05) is 37.3 Å². The van der Waals surface area contributed by atoms with Gasteiger partial charge in [-0.1, -0.05) is 42.1 Å². The number of nitrogens with zero attached hydrogens (tertiary/aromatic N) is 2. The van der Waals surface area contributed by atoms with Crippen molar-refractivity contribution >= 4 is 17.7 Å². The molecule has 0 saturated carbocycles. The molecular weight excluding hydrogens is 326 g/mol. The van der Waals surface area contributed by atoms with Crippen molar-refractivity contribution in [3.8, 4) is 11.5 Å². The van der Waals surface area contributed by atoms with E-state index in [1.54, 1.807) is 19.3 Å². The van der Waals surface area contributed by atoms with Crippen LogP contribution in [0.25, 0.3) is 11.5 Å². The lowest BCUT2D eigenvalue weighted by molar-refractivity contribution is -0.120. The Morgan fingerprint density at radius 3 is 2.75 bits per heavy atom. The second-order valence-electron chi connectivity index (χ2n) is 5.23. The van der Waals surface area contributed by atoms with Crippen molar-refractivity contribution in [3.05, 3.63) is 54.0 Å². The summed E-state index contributed by atoms with van der Waals surface area (Å²) < 4.78 is 10.8. The summed E-state index contributed by atoms with van der Waals surface area (Å²) >= 11 is 1.23. The van der Waals surface area contributed by atoms with Crippen LogP contribution in [0.15, 0.2) is 56.7 Å². The number of carbonyl (C=O) groups is 1. The highest BCUT2D eigenvalue weighted by molar-refractivity contribution is 8.00. The smallest absolute Gasteiger partial charge is 0.277 e. The molecule has 1 N–H and O–H groups in total. The molecule has 6 nitrogen and oxygen atoms in total. The number of hydrogen-bond donors (Lipinski definition) is 1. The normalized spacial score (nSPS) is 12.1. The second kappa shape index (κ2) is 7.35. The maximum atomic E-state index is 12.2. The number of furan rings is 1. The average molecular weight is 343 g/mol. The number of hydrogen-bond acceptors (Lipinski definition) is 6. The Bertz CT molecular complexity index is 813. The summed E-state index contributed by atoms with van der Waals surface area (Å²) in [5.41, 5.74) is 1.81. The molecule has 0 fully saturated rings. The van der Waals surface area contributed by atoms with Crippen molar-refractivity contribution in [1.82, 2.24) is 15.5 Å². The van der Waals surface area contributed by atoms with E-state index in [9.17, 15) is 4.79 Å². The molecule has 0 aliphatic carbocycles. The van der Waals surface area contributed by atoms with Gasteiger partial charge in [-0.3, -0.25) is 4.79 Å². The first-order chi connectivity index (χ1) is 11.6. The summed E-state index contributed by atoms with van der Waals surface area (Å²) in [5, 5.41) is 10.9. The predicted molar refractivity (Wildman–Crippen MR) is 90.3 cm³/mol. The van der Waals surface area contributed by atoms with Crippen LogP contribution in [-0.4, -0.2) is 21.4 Å². The van der Waals surface area contributed by atoms with Gasteiger partial charge in [-0.2, -0.15) is 0 Å². The van der Waals surface area contributed by atoms with Crippen LogP contribution in [-0.2, 0) is 11.3 Å². The maximum absolute atomic E-state index is 12.2. The Labute approximate surface area is 143 Å². The number of carbonyl (C=O) groups excluding carboxylic acids is 1. The molecule has 24 heavy (non-hydrogen) atoms. The van der Waals surface area contributed by atoms with E-state index in [0.717, 1.165) is 11.1 Å². The van der Waals surface area contributed by atoms with Gasteiger partial charge in [0.1, 0.15) is 5.76 Å². The van der Waals surface area contributed by atoms with Gasteiger partial charge in [-0.25, -0.2) is 0 Å². The molecule has 0 saturated heterocycles. The van der Waals surface area contributed by atoms with Crippen molar-refractivity contribution in [2.75, 3.05) is 0 Å². The summed E-state index contributed by atoms with van der Waals surface area (Å²) in [4.78, 5) is 12.2. The van der Waals surface area contributed by atoms with Crippen LogP contribution in [0, 0.1) is 6.92 Å². The zero-order chi connectivity index (χ0) is 16.9. The van der Waals surface area contributed by atoms with E-state index in [0.29, 0.717) is 23.4 Å². The molecular formula is C17H17N3O3S. The topological polar surface area (TPSA) is 81.2 Å². The Morgan fingerprint density at radius 1 is 1.25 bits per heavy atom. The minimum atomic E-state index is -0.340. The van der Waals surface area contributed by atoms with E-state index in [2.05, 4.69) is 15.5 Å². The number of aryl methyl sites for hydroxylation is 1. The molecule has 0 aliphatic rings. The zero-order valence-corrected chi connectivity index (χ0v) is 14.2. The SMILES string of the molecule is Cc1occc1-c1nnc(S[C@@H](C)C(=O)NCc2ccccc2)o1. The van der Waals surface area contributed by atoms with Gasteiger partial charge >= 0.3 is 0 Å². The second-order valence-corrected chi connectivity index (χ2v) is 6.52. The van der Waals surface area contributed by atoms with E-state index < -0.39 is 0 Å². The monoisotopic (exact) mass is 343 g/mol. The third-order valence-corrected chi connectivity index (χ3v) is 4.39. The number of benzene rings is 1. The highest BCUT2D eigenvalue weighted by Crippen LogP contribution is 2.28. The summed E-state index contributed by atoms with van der Waals surface area (Å²) in [6, 6.07) is 11.5. The van der Waals surface area contributed by atoms with Gasteiger partial charge in [0, 0.05) is 6.54 Å². The lowest BCUT2D eigenvalue weighted by Gasteiger charge is -2.09. The minimum Gasteiger partial charge on any atom is -0.469 e. The Morgan fingerprint density at radius 2 is 2.04 bits per heavy atom. The predicted octanol–water partition coefficient (Wildman–Crippen LogP) is 3.44. The third-order valence-electron chi connectivity index (χ3n) is 3.45. The first-order valence-electron chi connectivity index (χ1n) is 7.50. The van der Waals surface area contributed by atoms with Crippen molar-refractivity contribution < 1.29 is 13.6 Å². The molecule has 2 heterocycles. The van der Waals surface area contributed by atoms with Crippen LogP contribution < -0.4 is 5.32 Å². The maximum Gasteiger partial charge on any atom is 0.277 e. The zero-order valence-electron chi connectivity index (χ0n) is 13.4. The summed E-state index contributed by atoms with van der Waals surface area (Å²) in [5.74, 6) is 1.02. The van der Waals surface area contributed by atoms with Gasteiger partial charge < -0.3 is 14.2 Å². The van der Waals surface area contributed by atoms with Gasteiger partial charge in [-0.05, 0) is 25.5 Å². The van der Waals surface area contributed by atoms with E-state index >= 15 is 0 Å². The average Bonchev–Trinajstić information content (AvgIpc) is 3.22. The standard InChI is InChI=1S/C17H17N3O3S/c1-11-14(8-9-22-11)16-19-20-17(23-16)24-12(2)15(21)18-10-13-6-4-3-5-7-13/h3-9,12H,10H2,1-2H3,(H,18,21)/t12-/m0/s1. The van der Waals surface area contributed by atoms with Crippen LogP contribution in [0.1, 0.15) is 18.2 Å². The summed E-state index contributed by atoms with van der Waals surface area (Å²) in [6.45, 7) is 4.12. The van der Waals surface area contributed by atoms with E-state index in [1.165, 1.54) is 11.8 Å². The number of thioether (sulfide) groups is 1. The highest BCUT2D eigenvalue weighted by atomic mass is 32.2. The lowest BCUT2D eigenvalue weighted by Crippen LogP contribution is -2.30. The molecule has 1 aromatic carbocycles. The molecule has 1 atom stereocenters. The van der Waals surface area contributed by atoms with Gasteiger partial charge in [0.25, 0.3) is 11.1 Å². The largest absolute Gasteiger partial charge is 0.469 e. The Hall–Kier alpha value is -2.54. The minimum absolute atomic E-state index is 0.0805. The Balaban J connectivity index is 1.56. The van der Waals surface area contributed by atoms with Gasteiger partial charge in [-0.15, -0.1) is 10.2 Å². The lowest BCUT2D eigenvalue weighted by atomic mass is 10.2. The van der Waals surface area contributed by atoms with Gasteiger partial charge in [0.05, 0.1) is 17.1 Å². The fourth-order valence-corrected chi connectivity index (χ4v) is 2.81. The third kappa shape index (κ3) is 3.86. The molecule has 2 aromatic heterocycles. The van der Waals surface area contributed by atoms with Crippen molar-refractivity contribution in [1.29, 1.82) is 0 Å². The van der Waals surface area contributed by atoms with E-state index in [4.69, 9.17) is 8.83 Å². The molecule has 7 heteroatoms. The first-order valence-corrected chi connectivity index (χ1v) is 8.37. The fourth-order valence-electron chi connectivity index (χ4n) is 2.11. The van der Waals surface area contributed by atoms with Crippen molar-refractivity contribution in [3.63, 3.8) is 0 Å². The number of rotatable bonds is 6. The highest BCUT2D eigenvalue weighted by Gasteiger charge is 2.19. The fraction of sp³-hybridized carbons (Fsp3) is 0.235. The molecule has 0 spiro atoms. The van der Waals surface area contributed by atoms with Gasteiger partial charge in [0.2, 0.25) is 5.91 Å². The molecule has 1 amide bonds. The van der Waals surface area contributed by atoms with Crippen molar-refractivity contribution in [2.45, 2.75) is 30.9 Å². The molecule has 3 aromatic rings. The number of aromatic nitrogens is 2. The van der Waals surface area contributed by atoms with Crippen LogP contribution in [0.2, 0.25) is 0 Å². The van der Waals surface area contributed by atoms with Crippen molar-refractivity contribution in [2.24, 2.45) is 0 Å². The molecule has 0 radical (unpaired) electrons. The van der Waals surface area contributed by atoms with Gasteiger partial charge in [0.15, 0.2) is 0 Å². The Kier molecular flexibility index (Phi) is 5.00. The summed E-state index contributed by atoms with van der Waals surface area (Å²) in [7, 11) is 0. The van der Waals surface area contributed by atoms with Crippen LogP contribution in [0.5, 0.6) is 0 Å². The molecule has 0 unspecified atom stereocenters. The summed E-state index contributed by atoms with van der Waals surface area (Å²) in [6.07, 6.45) is 1.57. The molecule has 3 rings (SSSR count). The number of amides is 1. The molecule has 124 valence electrons. The van der Waals surface area contributed by atoms with Crippen LogP contribution in [0.4, 0.5) is 0 Å². The first kappa shape index (κ1) is 16.3. The van der Waals surface area contributed by atoms with Crippen LogP contribution in [0.3, 0.4) is 0 Å². The van der Waals surface area contributed by atoms with Crippen LogP contribution >= 0.6 is 11.8 Å². The molecule has 0 bridgehead atoms.